The molecule has 0 aliphatic heterocycles. The number of ether oxygens (including phenoxy) is 4. The van der Waals surface area contributed by atoms with Gasteiger partial charge in [0.1, 0.15) is 12.6 Å². The van der Waals surface area contributed by atoms with Crippen molar-refractivity contribution in [3.8, 4) is 0 Å². The van der Waals surface area contributed by atoms with Gasteiger partial charge in [-0.25, -0.2) is 0 Å². The zero-order valence-corrected chi connectivity index (χ0v) is 11.8. The van der Waals surface area contributed by atoms with E-state index in [1.165, 1.54) is 0 Å². The monoisotopic (exact) mass is 276 g/mol. The smallest absolute Gasteiger partial charge is 0.120 e. The lowest BCUT2D eigenvalue weighted by molar-refractivity contribution is -0.119. The molecule has 0 heterocycles. The SMILES string of the molecule is COCCOCC(CC=O)(CC=O)COCCOC. The highest BCUT2D eigenvalue weighted by Crippen LogP contribution is 2.26. The fraction of sp³-hybridized carbons (Fsp3) is 0.846. The van der Waals surface area contributed by atoms with Crippen LogP contribution in [0.25, 0.3) is 0 Å². The number of hydrogen-bond acceptors (Lipinski definition) is 6. The van der Waals surface area contributed by atoms with Crippen LogP contribution in [0, 0.1) is 5.41 Å². The molecule has 0 radical (unpaired) electrons. The van der Waals surface area contributed by atoms with Gasteiger partial charge in [0.05, 0.1) is 39.6 Å². The van der Waals surface area contributed by atoms with Crippen molar-refractivity contribution in [1.29, 1.82) is 0 Å². The Morgan fingerprint density at radius 3 is 1.53 bits per heavy atom. The van der Waals surface area contributed by atoms with Gasteiger partial charge in [-0.15, -0.1) is 0 Å². The van der Waals surface area contributed by atoms with E-state index in [4.69, 9.17) is 18.9 Å². The van der Waals surface area contributed by atoms with Crippen molar-refractivity contribution in [2.45, 2.75) is 12.8 Å². The van der Waals surface area contributed by atoms with E-state index in [1.807, 2.05) is 0 Å². The number of carbonyl (C=O) groups is 2. The summed E-state index contributed by atoms with van der Waals surface area (Å²) in [6.07, 6.45) is 2.04. The van der Waals surface area contributed by atoms with Crippen molar-refractivity contribution in [3.63, 3.8) is 0 Å². The first-order chi connectivity index (χ1) is 9.24. The number of hydrogen-bond donors (Lipinski definition) is 0. The third-order valence-corrected chi connectivity index (χ3v) is 2.71. The molecule has 0 aromatic heterocycles. The van der Waals surface area contributed by atoms with Crippen molar-refractivity contribution in [2.75, 3.05) is 53.9 Å². The highest BCUT2D eigenvalue weighted by molar-refractivity contribution is 5.56. The number of methoxy groups -OCH3 is 2. The first-order valence-corrected chi connectivity index (χ1v) is 6.25. The second kappa shape index (κ2) is 12.2. The summed E-state index contributed by atoms with van der Waals surface area (Å²) in [7, 11) is 3.17. The molecule has 0 N–H and O–H groups in total. The zero-order chi connectivity index (χ0) is 14.4. The summed E-state index contributed by atoms with van der Waals surface area (Å²) >= 11 is 0. The number of rotatable bonds is 14. The van der Waals surface area contributed by atoms with Crippen LogP contribution in [0.15, 0.2) is 0 Å². The van der Waals surface area contributed by atoms with Crippen molar-refractivity contribution < 1.29 is 28.5 Å². The van der Waals surface area contributed by atoms with E-state index in [1.54, 1.807) is 14.2 Å². The maximum absolute atomic E-state index is 10.8. The van der Waals surface area contributed by atoms with E-state index in [0.29, 0.717) is 39.6 Å². The van der Waals surface area contributed by atoms with Crippen LogP contribution in [0.2, 0.25) is 0 Å². The number of carbonyl (C=O) groups excluding carboxylic acids is 2. The topological polar surface area (TPSA) is 71.1 Å². The van der Waals surface area contributed by atoms with Crippen molar-refractivity contribution in [3.05, 3.63) is 0 Å². The molecule has 0 fully saturated rings. The van der Waals surface area contributed by atoms with Gasteiger partial charge < -0.3 is 28.5 Å². The first kappa shape index (κ1) is 18.2. The summed E-state index contributed by atoms with van der Waals surface area (Å²) in [5, 5.41) is 0. The molecule has 0 aliphatic rings. The lowest BCUT2D eigenvalue weighted by Gasteiger charge is -2.29. The predicted octanol–water partition coefficient (Wildman–Crippen LogP) is 0.477. The van der Waals surface area contributed by atoms with Gasteiger partial charge in [0.2, 0.25) is 0 Å². The summed E-state index contributed by atoms with van der Waals surface area (Å²) in [6, 6.07) is 0. The van der Waals surface area contributed by atoms with Gasteiger partial charge in [-0.2, -0.15) is 0 Å². The van der Waals surface area contributed by atoms with Crippen LogP contribution >= 0.6 is 0 Å². The van der Waals surface area contributed by atoms with Crippen LogP contribution in [-0.2, 0) is 28.5 Å². The minimum absolute atomic E-state index is 0.228. The van der Waals surface area contributed by atoms with Crippen LogP contribution < -0.4 is 0 Å². The maximum Gasteiger partial charge on any atom is 0.120 e. The van der Waals surface area contributed by atoms with E-state index < -0.39 is 5.41 Å². The van der Waals surface area contributed by atoms with E-state index in [0.717, 1.165) is 12.6 Å². The van der Waals surface area contributed by atoms with E-state index in [9.17, 15) is 9.59 Å². The predicted molar refractivity (Wildman–Crippen MR) is 69.2 cm³/mol. The molecule has 0 unspecified atom stereocenters. The molecule has 0 spiro atoms. The molecule has 0 atom stereocenters. The van der Waals surface area contributed by atoms with Crippen molar-refractivity contribution >= 4 is 12.6 Å². The minimum atomic E-state index is -0.592. The lowest BCUT2D eigenvalue weighted by atomic mass is 9.83. The molecule has 6 nitrogen and oxygen atoms in total. The van der Waals surface area contributed by atoms with Crippen LogP contribution in [0.1, 0.15) is 12.8 Å². The Kier molecular flexibility index (Phi) is 11.7. The summed E-state index contributed by atoms with van der Waals surface area (Å²) < 4.78 is 20.7. The molecule has 0 aliphatic carbocycles. The van der Waals surface area contributed by atoms with Gasteiger partial charge >= 0.3 is 0 Å². The van der Waals surface area contributed by atoms with E-state index in [2.05, 4.69) is 0 Å². The second-order valence-electron chi connectivity index (χ2n) is 4.33. The molecule has 0 aromatic rings. The van der Waals surface area contributed by atoms with Crippen LogP contribution in [-0.4, -0.2) is 66.4 Å². The molecule has 112 valence electrons. The highest BCUT2D eigenvalue weighted by Gasteiger charge is 2.30. The van der Waals surface area contributed by atoms with Gasteiger partial charge in [0, 0.05) is 32.5 Å². The Balaban J connectivity index is 4.29. The molecule has 0 aromatic carbocycles. The molecule has 0 bridgehead atoms. The average molecular weight is 276 g/mol. The summed E-state index contributed by atoms with van der Waals surface area (Å²) in [5.41, 5.74) is -0.592. The van der Waals surface area contributed by atoms with Crippen molar-refractivity contribution in [1.82, 2.24) is 0 Å². The molecule has 0 rings (SSSR count). The average Bonchev–Trinajstić information content (AvgIpc) is 2.41. The lowest BCUT2D eigenvalue weighted by Crippen LogP contribution is -2.34. The van der Waals surface area contributed by atoms with Gasteiger partial charge in [-0.1, -0.05) is 0 Å². The van der Waals surface area contributed by atoms with Crippen LogP contribution in [0.3, 0.4) is 0 Å². The molecule has 6 heteroatoms. The summed E-state index contributed by atoms with van der Waals surface area (Å²) in [6.45, 7) is 2.38. The van der Waals surface area contributed by atoms with Gasteiger partial charge in [-0.3, -0.25) is 0 Å². The Bertz CT molecular complexity index is 207. The van der Waals surface area contributed by atoms with Gasteiger partial charge in [0.25, 0.3) is 0 Å². The number of aldehydes is 2. The van der Waals surface area contributed by atoms with Gasteiger partial charge in [-0.05, 0) is 0 Å². The molecule has 0 saturated heterocycles. The Labute approximate surface area is 114 Å². The molecule has 0 saturated carbocycles. The van der Waals surface area contributed by atoms with Crippen LogP contribution in [0.4, 0.5) is 0 Å². The Morgan fingerprint density at radius 1 is 0.789 bits per heavy atom. The molecule has 0 amide bonds. The standard InChI is InChI=1S/C13H24O6/c1-16-7-9-18-11-13(3-5-14,4-6-15)12-19-10-8-17-2/h5-6H,3-4,7-12H2,1-2H3. The second-order valence-corrected chi connectivity index (χ2v) is 4.33. The zero-order valence-electron chi connectivity index (χ0n) is 11.8. The van der Waals surface area contributed by atoms with E-state index >= 15 is 0 Å². The Morgan fingerprint density at radius 2 is 1.21 bits per heavy atom. The van der Waals surface area contributed by atoms with E-state index in [-0.39, 0.29) is 12.8 Å². The molecule has 19 heavy (non-hydrogen) atoms. The fourth-order valence-electron chi connectivity index (χ4n) is 1.58. The third-order valence-electron chi connectivity index (χ3n) is 2.71. The molecular formula is C13H24O6. The normalized spacial score (nSPS) is 11.5. The molecular weight excluding hydrogens is 252 g/mol. The largest absolute Gasteiger partial charge is 0.382 e. The van der Waals surface area contributed by atoms with Crippen molar-refractivity contribution in [2.24, 2.45) is 5.41 Å². The van der Waals surface area contributed by atoms with Crippen LogP contribution in [0.5, 0.6) is 0 Å². The maximum atomic E-state index is 10.8. The first-order valence-electron chi connectivity index (χ1n) is 6.25. The fourth-order valence-corrected chi connectivity index (χ4v) is 1.58. The minimum Gasteiger partial charge on any atom is -0.382 e. The quantitative estimate of drug-likeness (QED) is 0.339. The summed E-state index contributed by atoms with van der Waals surface area (Å²) in [5.74, 6) is 0. The summed E-state index contributed by atoms with van der Waals surface area (Å²) in [4.78, 5) is 21.6. The highest BCUT2D eigenvalue weighted by atomic mass is 16.5. The third kappa shape index (κ3) is 8.83. The Hall–Kier alpha value is -0.820. The van der Waals surface area contributed by atoms with Gasteiger partial charge in [0.15, 0.2) is 0 Å².